The van der Waals surface area contributed by atoms with Crippen LogP contribution in [0, 0.1) is 11.8 Å². The number of aliphatic carboxylic acids is 1. The highest BCUT2D eigenvalue weighted by Crippen LogP contribution is 2.34. The molecule has 0 aliphatic heterocycles. The molecular weight excluding hydrogens is 344 g/mol. The van der Waals surface area contributed by atoms with Gasteiger partial charge in [-0.15, -0.1) is 0 Å². The Bertz CT molecular complexity index is 772. The number of hydrogen-bond acceptors (Lipinski definition) is 3. The van der Waals surface area contributed by atoms with E-state index in [1.165, 1.54) is 0 Å². The summed E-state index contributed by atoms with van der Waals surface area (Å²) in [6.45, 7) is 10.1. The van der Waals surface area contributed by atoms with E-state index in [0.717, 1.165) is 16.7 Å². The molecule has 0 saturated heterocycles. The molecule has 1 aromatic carbocycles. The minimum atomic E-state index is -0.994. The van der Waals surface area contributed by atoms with Crippen molar-refractivity contribution in [3.63, 3.8) is 0 Å². The van der Waals surface area contributed by atoms with Gasteiger partial charge in [-0.2, -0.15) is 0 Å². The molecule has 0 aromatic heterocycles. The molecule has 6 heteroatoms. The first-order valence-electron chi connectivity index (χ1n) is 9.09. The highest BCUT2D eigenvalue weighted by Gasteiger charge is 2.37. The lowest BCUT2D eigenvalue weighted by Crippen LogP contribution is -2.48. The molecule has 0 radical (unpaired) electrons. The van der Waals surface area contributed by atoms with Gasteiger partial charge in [-0.05, 0) is 49.8 Å². The van der Waals surface area contributed by atoms with Crippen LogP contribution in [0.1, 0.15) is 63.4 Å². The molecule has 0 bridgehead atoms. The fourth-order valence-electron chi connectivity index (χ4n) is 3.23. The molecule has 3 N–H and O–H groups in total. The van der Waals surface area contributed by atoms with E-state index >= 15 is 0 Å². The first-order chi connectivity index (χ1) is 12.5. The third kappa shape index (κ3) is 4.96. The summed E-state index contributed by atoms with van der Waals surface area (Å²) in [5, 5.41) is 9.42. The molecule has 27 heavy (non-hydrogen) atoms. The Balaban J connectivity index is 2.02. The van der Waals surface area contributed by atoms with Crippen LogP contribution in [0.25, 0.3) is 0 Å². The number of nitrogens with one attached hydrogen (secondary N) is 2. The largest absolute Gasteiger partial charge is 0.481 e. The van der Waals surface area contributed by atoms with E-state index in [-0.39, 0.29) is 5.41 Å². The number of benzene rings is 1. The van der Waals surface area contributed by atoms with Crippen LogP contribution >= 0.6 is 0 Å². The molecule has 0 spiro atoms. The number of hydrogen-bond donors (Lipinski definition) is 3. The van der Waals surface area contributed by atoms with Gasteiger partial charge in [-0.1, -0.05) is 44.1 Å². The van der Waals surface area contributed by atoms with Crippen molar-refractivity contribution in [3.05, 3.63) is 46.5 Å². The SMILES string of the molecule is CC1=C(C)CC(C(=O)NNC(=O)c2ccc(C(C)(C)C)cc2)C(C(=O)O)C1. The summed E-state index contributed by atoms with van der Waals surface area (Å²) in [6, 6.07) is 7.18. The maximum atomic E-state index is 12.5. The second-order valence-corrected chi connectivity index (χ2v) is 8.29. The Morgan fingerprint density at radius 1 is 0.926 bits per heavy atom. The second-order valence-electron chi connectivity index (χ2n) is 8.29. The predicted octanol–water partition coefficient (Wildman–Crippen LogP) is 3.19. The van der Waals surface area contributed by atoms with Crippen LogP contribution < -0.4 is 10.9 Å². The maximum absolute atomic E-state index is 12.5. The standard InChI is InChI=1S/C21H28N2O4/c1-12-10-16(17(20(26)27)11-13(12)2)19(25)23-22-18(24)14-6-8-15(9-7-14)21(3,4)5/h6-9,16-17H,10-11H2,1-5H3,(H,22,24)(H,23,25)(H,26,27). The normalized spacial score (nSPS) is 20.2. The van der Waals surface area contributed by atoms with E-state index in [1.54, 1.807) is 12.1 Å². The Labute approximate surface area is 160 Å². The van der Waals surface area contributed by atoms with Gasteiger partial charge in [-0.3, -0.25) is 25.2 Å². The summed E-state index contributed by atoms with van der Waals surface area (Å²) < 4.78 is 0. The van der Waals surface area contributed by atoms with Crippen LogP contribution in [0.5, 0.6) is 0 Å². The van der Waals surface area contributed by atoms with Crippen molar-refractivity contribution in [1.29, 1.82) is 0 Å². The van der Waals surface area contributed by atoms with Gasteiger partial charge in [-0.25, -0.2) is 0 Å². The number of carbonyl (C=O) groups excluding carboxylic acids is 2. The molecule has 2 unspecified atom stereocenters. The average molecular weight is 372 g/mol. The lowest BCUT2D eigenvalue weighted by Gasteiger charge is -2.29. The highest BCUT2D eigenvalue weighted by atomic mass is 16.4. The second kappa shape index (κ2) is 7.94. The van der Waals surface area contributed by atoms with E-state index in [0.29, 0.717) is 18.4 Å². The first-order valence-corrected chi connectivity index (χ1v) is 9.09. The molecular formula is C21H28N2O4. The van der Waals surface area contributed by atoms with Gasteiger partial charge in [0.05, 0.1) is 11.8 Å². The summed E-state index contributed by atoms with van der Waals surface area (Å²) in [5.41, 5.74) is 8.33. The fraction of sp³-hybridized carbons (Fsp3) is 0.476. The lowest BCUT2D eigenvalue weighted by atomic mass is 9.76. The Morgan fingerprint density at radius 3 is 1.93 bits per heavy atom. The summed E-state index contributed by atoms with van der Waals surface area (Å²) >= 11 is 0. The topological polar surface area (TPSA) is 95.5 Å². The third-order valence-corrected chi connectivity index (χ3v) is 5.23. The molecule has 146 valence electrons. The number of allylic oxidation sites excluding steroid dienone is 2. The zero-order valence-electron chi connectivity index (χ0n) is 16.6. The number of amides is 2. The molecule has 0 fully saturated rings. The molecule has 0 heterocycles. The molecule has 2 amide bonds. The van der Waals surface area contributed by atoms with Crippen LogP contribution in [0.3, 0.4) is 0 Å². The van der Waals surface area contributed by atoms with Gasteiger partial charge in [0, 0.05) is 5.56 Å². The lowest BCUT2D eigenvalue weighted by molar-refractivity contribution is -0.147. The van der Waals surface area contributed by atoms with Crippen molar-refractivity contribution in [2.75, 3.05) is 0 Å². The zero-order valence-corrected chi connectivity index (χ0v) is 16.6. The van der Waals surface area contributed by atoms with Gasteiger partial charge in [0.15, 0.2) is 0 Å². The summed E-state index contributed by atoms with van der Waals surface area (Å²) in [6.07, 6.45) is 0.728. The minimum Gasteiger partial charge on any atom is -0.481 e. The van der Waals surface area contributed by atoms with Crippen molar-refractivity contribution < 1.29 is 19.5 Å². The smallest absolute Gasteiger partial charge is 0.307 e. The molecule has 6 nitrogen and oxygen atoms in total. The fourth-order valence-corrected chi connectivity index (χ4v) is 3.23. The number of carboxylic acid groups (broad SMARTS) is 1. The van der Waals surface area contributed by atoms with Crippen LogP contribution in [-0.2, 0) is 15.0 Å². The van der Waals surface area contributed by atoms with Gasteiger partial charge >= 0.3 is 5.97 Å². The third-order valence-electron chi connectivity index (χ3n) is 5.23. The van der Waals surface area contributed by atoms with Crippen molar-refractivity contribution in [2.45, 2.75) is 52.9 Å². The predicted molar refractivity (Wildman–Crippen MR) is 103 cm³/mol. The van der Waals surface area contributed by atoms with Gasteiger partial charge in [0.1, 0.15) is 0 Å². The monoisotopic (exact) mass is 372 g/mol. The molecule has 1 aliphatic rings. The number of rotatable bonds is 3. The molecule has 2 atom stereocenters. The zero-order chi connectivity index (χ0) is 20.4. The van der Waals surface area contributed by atoms with E-state index in [1.807, 2.05) is 26.0 Å². The van der Waals surface area contributed by atoms with Crippen LogP contribution in [0.2, 0.25) is 0 Å². The van der Waals surface area contributed by atoms with Crippen molar-refractivity contribution in [2.24, 2.45) is 11.8 Å². The van der Waals surface area contributed by atoms with Gasteiger partial charge < -0.3 is 5.11 Å². The van der Waals surface area contributed by atoms with E-state index < -0.39 is 29.6 Å². The Hall–Kier alpha value is -2.63. The maximum Gasteiger partial charge on any atom is 0.307 e. The minimum absolute atomic E-state index is 0.0143. The van der Waals surface area contributed by atoms with Crippen LogP contribution in [0.4, 0.5) is 0 Å². The number of hydrazine groups is 1. The van der Waals surface area contributed by atoms with Gasteiger partial charge in [0.2, 0.25) is 5.91 Å². The number of carboxylic acids is 1. The quantitative estimate of drug-likeness (QED) is 0.561. The Kier molecular flexibility index (Phi) is 6.08. The number of carbonyl (C=O) groups is 3. The molecule has 2 rings (SSSR count). The first kappa shape index (κ1) is 20.7. The van der Waals surface area contributed by atoms with Crippen molar-refractivity contribution in [1.82, 2.24) is 10.9 Å². The average Bonchev–Trinajstić information content (AvgIpc) is 2.60. The highest BCUT2D eigenvalue weighted by molar-refractivity contribution is 5.96. The molecule has 1 aliphatic carbocycles. The molecule has 1 aromatic rings. The van der Waals surface area contributed by atoms with E-state index in [9.17, 15) is 19.5 Å². The van der Waals surface area contributed by atoms with E-state index in [4.69, 9.17) is 0 Å². The van der Waals surface area contributed by atoms with Gasteiger partial charge in [0.25, 0.3) is 5.91 Å². The molecule has 0 saturated carbocycles. The van der Waals surface area contributed by atoms with Crippen LogP contribution in [0.15, 0.2) is 35.4 Å². The summed E-state index contributed by atoms with van der Waals surface area (Å²) in [5.74, 6) is -3.39. The van der Waals surface area contributed by atoms with E-state index in [2.05, 4.69) is 31.6 Å². The van der Waals surface area contributed by atoms with Crippen LogP contribution in [-0.4, -0.2) is 22.9 Å². The Morgan fingerprint density at radius 2 is 1.44 bits per heavy atom. The summed E-state index contributed by atoms with van der Waals surface area (Å²) in [7, 11) is 0. The summed E-state index contributed by atoms with van der Waals surface area (Å²) in [4.78, 5) is 36.3. The van der Waals surface area contributed by atoms with Crippen molar-refractivity contribution in [3.8, 4) is 0 Å². The van der Waals surface area contributed by atoms with Crippen molar-refractivity contribution >= 4 is 17.8 Å².